The van der Waals surface area contributed by atoms with E-state index in [1.54, 1.807) is 0 Å². The molecule has 0 radical (unpaired) electrons. The van der Waals surface area contributed by atoms with Crippen molar-refractivity contribution in [1.29, 1.82) is 0 Å². The summed E-state index contributed by atoms with van der Waals surface area (Å²) in [7, 11) is 1.98. The van der Waals surface area contributed by atoms with Crippen LogP contribution in [0.2, 0.25) is 0 Å². The lowest BCUT2D eigenvalue weighted by atomic mass is 10.0. The summed E-state index contributed by atoms with van der Waals surface area (Å²) in [5.41, 5.74) is 2.63. The minimum absolute atomic E-state index is 0.220. The van der Waals surface area contributed by atoms with Gasteiger partial charge in [0.15, 0.2) is 0 Å². The molecule has 2 heteroatoms. The van der Waals surface area contributed by atoms with Gasteiger partial charge in [-0.25, -0.2) is 0 Å². The van der Waals surface area contributed by atoms with Crippen molar-refractivity contribution in [1.82, 2.24) is 5.32 Å². The van der Waals surface area contributed by atoms with Gasteiger partial charge in [0.25, 0.3) is 0 Å². The number of fused-ring (bicyclic) bond motifs is 1. The highest BCUT2D eigenvalue weighted by Crippen LogP contribution is 2.29. The summed E-state index contributed by atoms with van der Waals surface area (Å²) in [6.07, 6.45) is 3.44. The zero-order valence-corrected chi connectivity index (χ0v) is 10.2. The molecule has 0 aliphatic carbocycles. The second kappa shape index (κ2) is 4.71. The molecule has 0 amide bonds. The van der Waals surface area contributed by atoms with E-state index in [1.807, 2.05) is 19.2 Å². The van der Waals surface area contributed by atoms with Crippen LogP contribution in [0, 0.1) is 0 Å². The Bertz CT molecular complexity index is 368. The molecule has 2 atom stereocenters. The van der Waals surface area contributed by atoms with Gasteiger partial charge in [0, 0.05) is 6.42 Å². The lowest BCUT2D eigenvalue weighted by molar-refractivity contribution is 0.203. The van der Waals surface area contributed by atoms with Gasteiger partial charge in [-0.1, -0.05) is 29.8 Å². The molecule has 1 aromatic carbocycles. The number of para-hydroxylation sites is 1. The third kappa shape index (κ3) is 2.27. The zero-order valence-electron chi connectivity index (χ0n) is 10.2. The topological polar surface area (TPSA) is 21.3 Å². The first-order chi connectivity index (χ1) is 7.70. The Morgan fingerprint density at radius 1 is 1.44 bits per heavy atom. The maximum Gasteiger partial charge on any atom is 0.123 e. The summed E-state index contributed by atoms with van der Waals surface area (Å²) in [4.78, 5) is 0. The third-order valence-electron chi connectivity index (χ3n) is 2.92. The number of ether oxygens (including phenoxy) is 1. The first kappa shape index (κ1) is 11.2. The molecule has 86 valence electrons. The fraction of sp³-hybridized carbons (Fsp3) is 0.429. The van der Waals surface area contributed by atoms with Gasteiger partial charge in [0.1, 0.15) is 11.9 Å². The van der Waals surface area contributed by atoms with Crippen LogP contribution in [0.25, 0.3) is 0 Å². The lowest BCUT2D eigenvalue weighted by Crippen LogP contribution is -2.39. The number of rotatable bonds is 3. The molecule has 0 saturated carbocycles. The summed E-state index contributed by atoms with van der Waals surface area (Å²) in [6, 6.07) is 8.57. The molecule has 1 aliphatic rings. The predicted molar refractivity (Wildman–Crippen MR) is 66.8 cm³/mol. The zero-order chi connectivity index (χ0) is 11.5. The van der Waals surface area contributed by atoms with Crippen molar-refractivity contribution in [3.05, 3.63) is 41.5 Å². The van der Waals surface area contributed by atoms with Crippen LogP contribution in [0.5, 0.6) is 5.75 Å². The molecule has 16 heavy (non-hydrogen) atoms. The molecule has 2 nitrogen and oxygen atoms in total. The first-order valence-electron chi connectivity index (χ1n) is 5.77. The van der Waals surface area contributed by atoms with Crippen molar-refractivity contribution in [3.63, 3.8) is 0 Å². The smallest absolute Gasteiger partial charge is 0.123 e. The van der Waals surface area contributed by atoms with E-state index < -0.39 is 0 Å². The van der Waals surface area contributed by atoms with Crippen LogP contribution in [-0.2, 0) is 6.42 Å². The van der Waals surface area contributed by atoms with E-state index in [-0.39, 0.29) is 12.1 Å². The number of allylic oxidation sites excluding steroid dienone is 1. The van der Waals surface area contributed by atoms with E-state index in [1.165, 1.54) is 11.1 Å². The highest BCUT2D eigenvalue weighted by atomic mass is 16.5. The summed E-state index contributed by atoms with van der Waals surface area (Å²) in [5.74, 6) is 1.04. The molecule has 0 spiro atoms. The highest BCUT2D eigenvalue weighted by molar-refractivity contribution is 5.38. The Morgan fingerprint density at radius 2 is 2.19 bits per heavy atom. The van der Waals surface area contributed by atoms with Crippen molar-refractivity contribution in [2.45, 2.75) is 32.4 Å². The Labute approximate surface area is 97.3 Å². The van der Waals surface area contributed by atoms with Gasteiger partial charge < -0.3 is 10.1 Å². The highest BCUT2D eigenvalue weighted by Gasteiger charge is 2.27. The first-order valence-corrected chi connectivity index (χ1v) is 5.77. The SMILES string of the molecule is CNC(C=C(C)C)C1Cc2ccccc2O1. The van der Waals surface area contributed by atoms with Crippen molar-refractivity contribution in [2.24, 2.45) is 0 Å². The Balaban J connectivity index is 2.13. The van der Waals surface area contributed by atoms with Crippen molar-refractivity contribution in [3.8, 4) is 5.75 Å². The number of hydrogen-bond donors (Lipinski definition) is 1. The fourth-order valence-electron chi connectivity index (χ4n) is 2.14. The van der Waals surface area contributed by atoms with Gasteiger partial charge in [-0.2, -0.15) is 0 Å². The average Bonchev–Trinajstić information content (AvgIpc) is 2.68. The van der Waals surface area contributed by atoms with E-state index in [4.69, 9.17) is 4.74 Å². The number of hydrogen-bond acceptors (Lipinski definition) is 2. The average molecular weight is 217 g/mol. The van der Waals surface area contributed by atoms with Crippen molar-refractivity contribution < 1.29 is 4.74 Å². The molecular weight excluding hydrogens is 198 g/mol. The van der Waals surface area contributed by atoms with Gasteiger partial charge in [0.2, 0.25) is 0 Å². The van der Waals surface area contributed by atoms with E-state index >= 15 is 0 Å². The van der Waals surface area contributed by atoms with Crippen LogP contribution < -0.4 is 10.1 Å². The molecule has 0 fully saturated rings. The minimum atomic E-state index is 0.220. The second-order valence-electron chi connectivity index (χ2n) is 4.53. The molecule has 1 aromatic rings. The molecular formula is C14H19NO. The van der Waals surface area contributed by atoms with E-state index in [0.29, 0.717) is 0 Å². The van der Waals surface area contributed by atoms with Gasteiger partial charge >= 0.3 is 0 Å². The summed E-state index contributed by atoms with van der Waals surface area (Å²) < 4.78 is 5.95. The molecule has 2 unspecified atom stereocenters. The Kier molecular flexibility index (Phi) is 3.30. The standard InChI is InChI=1S/C14H19NO/c1-10(2)8-12(15-3)14-9-11-6-4-5-7-13(11)16-14/h4-8,12,14-15H,9H2,1-3H3. The fourth-order valence-corrected chi connectivity index (χ4v) is 2.14. The van der Waals surface area contributed by atoms with Crippen LogP contribution in [0.4, 0.5) is 0 Å². The molecule has 0 bridgehead atoms. The predicted octanol–water partition coefficient (Wildman–Crippen LogP) is 2.54. The van der Waals surface area contributed by atoms with E-state index in [2.05, 4.69) is 37.4 Å². The van der Waals surface area contributed by atoms with Gasteiger partial charge in [-0.05, 0) is 32.5 Å². The maximum atomic E-state index is 5.95. The van der Waals surface area contributed by atoms with Crippen LogP contribution in [-0.4, -0.2) is 19.2 Å². The lowest BCUT2D eigenvalue weighted by Gasteiger charge is -2.20. The molecule has 1 heterocycles. The quantitative estimate of drug-likeness (QED) is 0.786. The Hall–Kier alpha value is -1.28. The van der Waals surface area contributed by atoms with E-state index in [0.717, 1.165) is 12.2 Å². The van der Waals surface area contributed by atoms with Gasteiger partial charge in [0.05, 0.1) is 6.04 Å². The molecule has 1 N–H and O–H groups in total. The van der Waals surface area contributed by atoms with Crippen LogP contribution >= 0.6 is 0 Å². The summed E-state index contributed by atoms with van der Waals surface area (Å²) in [5, 5.41) is 3.31. The second-order valence-corrected chi connectivity index (χ2v) is 4.53. The largest absolute Gasteiger partial charge is 0.488 e. The van der Waals surface area contributed by atoms with Crippen molar-refractivity contribution in [2.75, 3.05) is 7.05 Å². The Morgan fingerprint density at radius 3 is 2.81 bits per heavy atom. The molecule has 1 aliphatic heterocycles. The third-order valence-corrected chi connectivity index (χ3v) is 2.92. The number of benzene rings is 1. The van der Waals surface area contributed by atoms with E-state index in [9.17, 15) is 0 Å². The van der Waals surface area contributed by atoms with Gasteiger partial charge in [-0.15, -0.1) is 0 Å². The van der Waals surface area contributed by atoms with Gasteiger partial charge in [-0.3, -0.25) is 0 Å². The summed E-state index contributed by atoms with van der Waals surface area (Å²) in [6.45, 7) is 4.23. The maximum absolute atomic E-state index is 5.95. The summed E-state index contributed by atoms with van der Waals surface area (Å²) >= 11 is 0. The van der Waals surface area contributed by atoms with Crippen LogP contribution in [0.3, 0.4) is 0 Å². The number of likely N-dealkylation sites (N-methyl/N-ethyl adjacent to an activating group) is 1. The van der Waals surface area contributed by atoms with Crippen LogP contribution in [0.1, 0.15) is 19.4 Å². The van der Waals surface area contributed by atoms with Crippen LogP contribution in [0.15, 0.2) is 35.9 Å². The number of nitrogens with one attached hydrogen (secondary N) is 1. The monoisotopic (exact) mass is 217 g/mol. The molecule has 2 rings (SSSR count). The minimum Gasteiger partial charge on any atom is -0.488 e. The molecule has 0 aromatic heterocycles. The van der Waals surface area contributed by atoms with Crippen molar-refractivity contribution >= 4 is 0 Å². The normalized spacial score (nSPS) is 19.8. The molecule has 0 saturated heterocycles.